The maximum atomic E-state index is 5.56. The van der Waals surface area contributed by atoms with Crippen molar-refractivity contribution >= 4 is 6.01 Å². The van der Waals surface area contributed by atoms with Crippen LogP contribution in [-0.2, 0) is 0 Å². The van der Waals surface area contributed by atoms with Crippen LogP contribution in [0.1, 0.15) is 39.1 Å². The molecule has 15 heavy (non-hydrogen) atoms. The van der Waals surface area contributed by atoms with E-state index in [9.17, 15) is 0 Å². The summed E-state index contributed by atoms with van der Waals surface area (Å²) in [6.45, 7) is 6.25. The van der Waals surface area contributed by atoms with Crippen molar-refractivity contribution < 1.29 is 4.42 Å². The molecular formula is C10H20N4O. The Morgan fingerprint density at radius 3 is 2.60 bits per heavy atom. The van der Waals surface area contributed by atoms with Gasteiger partial charge >= 0.3 is 6.01 Å². The van der Waals surface area contributed by atoms with E-state index < -0.39 is 0 Å². The van der Waals surface area contributed by atoms with Crippen molar-refractivity contribution in [3.05, 3.63) is 5.89 Å². The van der Waals surface area contributed by atoms with Gasteiger partial charge in [0.05, 0.1) is 6.04 Å². The normalized spacial score (nSPS) is 15.0. The number of nitrogens with zero attached hydrogens (tertiary/aromatic N) is 3. The van der Waals surface area contributed by atoms with Crippen LogP contribution in [-0.4, -0.2) is 30.3 Å². The van der Waals surface area contributed by atoms with Gasteiger partial charge in [0.15, 0.2) is 0 Å². The third kappa shape index (κ3) is 2.68. The van der Waals surface area contributed by atoms with E-state index in [0.29, 0.717) is 17.9 Å². The largest absolute Gasteiger partial charge is 0.406 e. The van der Waals surface area contributed by atoms with Gasteiger partial charge in [-0.05, 0) is 27.3 Å². The Morgan fingerprint density at radius 1 is 1.40 bits per heavy atom. The molecule has 0 aromatic carbocycles. The maximum absolute atomic E-state index is 5.56. The van der Waals surface area contributed by atoms with E-state index in [2.05, 4.69) is 29.4 Å². The summed E-state index contributed by atoms with van der Waals surface area (Å²) in [6.07, 6.45) is 1.05. The van der Waals surface area contributed by atoms with Crippen LogP contribution >= 0.6 is 0 Å². The standard InChI is InChI=1S/C10H20N4O/c1-6-7(2)14(5)10-13-12-9(15-10)8(3)11-4/h7-8,11H,6H2,1-5H3. The fourth-order valence-electron chi connectivity index (χ4n) is 1.13. The Balaban J connectivity index is 2.75. The molecule has 0 bridgehead atoms. The van der Waals surface area contributed by atoms with Gasteiger partial charge in [0.2, 0.25) is 5.89 Å². The Morgan fingerprint density at radius 2 is 2.07 bits per heavy atom. The number of rotatable bonds is 5. The van der Waals surface area contributed by atoms with E-state index in [4.69, 9.17) is 4.42 Å². The molecule has 0 fully saturated rings. The van der Waals surface area contributed by atoms with E-state index in [1.165, 1.54) is 0 Å². The Kier molecular flexibility index (Phi) is 4.08. The van der Waals surface area contributed by atoms with E-state index in [-0.39, 0.29) is 6.04 Å². The van der Waals surface area contributed by atoms with Crippen molar-refractivity contribution in [1.82, 2.24) is 15.5 Å². The third-order valence-corrected chi connectivity index (χ3v) is 2.79. The lowest BCUT2D eigenvalue weighted by Crippen LogP contribution is -2.28. The summed E-state index contributed by atoms with van der Waals surface area (Å²) in [6, 6.07) is 1.08. The first-order chi connectivity index (χ1) is 7.10. The number of nitrogens with one attached hydrogen (secondary N) is 1. The number of hydrogen-bond donors (Lipinski definition) is 1. The fourth-order valence-corrected chi connectivity index (χ4v) is 1.13. The zero-order chi connectivity index (χ0) is 11.4. The molecule has 2 unspecified atom stereocenters. The van der Waals surface area contributed by atoms with Gasteiger partial charge in [-0.3, -0.25) is 0 Å². The van der Waals surface area contributed by atoms with Crippen LogP contribution in [0.5, 0.6) is 0 Å². The molecular weight excluding hydrogens is 192 g/mol. The smallest absolute Gasteiger partial charge is 0.318 e. The molecule has 0 aliphatic heterocycles. The molecule has 2 atom stereocenters. The molecule has 1 heterocycles. The Labute approximate surface area is 90.9 Å². The predicted octanol–water partition coefficient (Wildman–Crippen LogP) is 1.58. The minimum Gasteiger partial charge on any atom is -0.406 e. The minimum atomic E-state index is 0.0941. The van der Waals surface area contributed by atoms with Crippen molar-refractivity contribution in [2.45, 2.75) is 39.3 Å². The van der Waals surface area contributed by atoms with Gasteiger partial charge in [0.25, 0.3) is 0 Å². The molecule has 0 radical (unpaired) electrons. The first kappa shape index (κ1) is 12.0. The summed E-state index contributed by atoms with van der Waals surface area (Å²) in [5.41, 5.74) is 0. The van der Waals surface area contributed by atoms with E-state index >= 15 is 0 Å². The molecule has 0 aliphatic rings. The average molecular weight is 212 g/mol. The summed E-state index contributed by atoms with van der Waals surface area (Å²) in [5, 5.41) is 11.1. The van der Waals surface area contributed by atoms with Crippen LogP contribution in [0.3, 0.4) is 0 Å². The summed E-state index contributed by atoms with van der Waals surface area (Å²) < 4.78 is 5.56. The molecule has 5 heteroatoms. The van der Waals surface area contributed by atoms with E-state index in [0.717, 1.165) is 6.42 Å². The quantitative estimate of drug-likeness (QED) is 0.803. The number of anilines is 1. The van der Waals surface area contributed by atoms with Gasteiger partial charge in [-0.15, -0.1) is 5.10 Å². The second kappa shape index (κ2) is 5.11. The highest BCUT2D eigenvalue weighted by Gasteiger charge is 2.17. The second-order valence-corrected chi connectivity index (χ2v) is 3.80. The van der Waals surface area contributed by atoms with Crippen molar-refractivity contribution in [2.75, 3.05) is 19.0 Å². The highest BCUT2D eigenvalue weighted by molar-refractivity contribution is 5.24. The van der Waals surface area contributed by atoms with Crippen molar-refractivity contribution in [3.8, 4) is 0 Å². The van der Waals surface area contributed by atoms with Gasteiger partial charge in [-0.2, -0.15) is 0 Å². The average Bonchev–Trinajstić information content (AvgIpc) is 2.75. The summed E-state index contributed by atoms with van der Waals surface area (Å²) in [5.74, 6) is 0.627. The highest BCUT2D eigenvalue weighted by atomic mass is 16.4. The molecule has 1 aromatic rings. The Bertz CT molecular complexity index is 299. The van der Waals surface area contributed by atoms with Crippen molar-refractivity contribution in [3.63, 3.8) is 0 Å². The molecule has 86 valence electrons. The molecule has 1 N–H and O–H groups in total. The molecule has 0 amide bonds. The van der Waals surface area contributed by atoms with E-state index in [1.54, 1.807) is 0 Å². The van der Waals surface area contributed by atoms with Crippen LogP contribution in [0.25, 0.3) is 0 Å². The molecule has 0 aliphatic carbocycles. The van der Waals surface area contributed by atoms with Crippen LogP contribution in [0.4, 0.5) is 6.01 Å². The first-order valence-corrected chi connectivity index (χ1v) is 5.33. The topological polar surface area (TPSA) is 54.2 Å². The third-order valence-electron chi connectivity index (χ3n) is 2.79. The molecule has 0 spiro atoms. The summed E-state index contributed by atoms with van der Waals surface area (Å²) in [4.78, 5) is 2.00. The van der Waals surface area contributed by atoms with Crippen LogP contribution in [0.2, 0.25) is 0 Å². The maximum Gasteiger partial charge on any atom is 0.318 e. The van der Waals surface area contributed by atoms with Gasteiger partial charge < -0.3 is 14.6 Å². The molecule has 1 aromatic heterocycles. The zero-order valence-corrected chi connectivity index (χ0v) is 10.1. The second-order valence-electron chi connectivity index (χ2n) is 3.80. The van der Waals surface area contributed by atoms with Gasteiger partial charge in [0, 0.05) is 13.1 Å². The zero-order valence-electron chi connectivity index (χ0n) is 10.1. The van der Waals surface area contributed by atoms with Crippen LogP contribution < -0.4 is 10.2 Å². The minimum absolute atomic E-state index is 0.0941. The fraction of sp³-hybridized carbons (Fsp3) is 0.800. The first-order valence-electron chi connectivity index (χ1n) is 5.33. The van der Waals surface area contributed by atoms with Crippen molar-refractivity contribution in [1.29, 1.82) is 0 Å². The SMILES string of the molecule is CCC(C)N(C)c1nnc(C(C)NC)o1. The number of aromatic nitrogens is 2. The lowest BCUT2D eigenvalue weighted by Gasteiger charge is -2.20. The molecule has 0 saturated heterocycles. The molecule has 5 nitrogen and oxygen atoms in total. The number of hydrogen-bond acceptors (Lipinski definition) is 5. The van der Waals surface area contributed by atoms with E-state index in [1.807, 2.05) is 25.9 Å². The monoisotopic (exact) mass is 212 g/mol. The summed E-state index contributed by atoms with van der Waals surface area (Å²) in [7, 11) is 3.84. The van der Waals surface area contributed by atoms with Gasteiger partial charge in [0.1, 0.15) is 0 Å². The summed E-state index contributed by atoms with van der Waals surface area (Å²) >= 11 is 0. The lowest BCUT2D eigenvalue weighted by molar-refractivity contribution is 0.425. The lowest BCUT2D eigenvalue weighted by atomic mass is 10.2. The van der Waals surface area contributed by atoms with Gasteiger partial charge in [-0.25, -0.2) is 0 Å². The molecule has 0 saturated carbocycles. The predicted molar refractivity (Wildman–Crippen MR) is 59.9 cm³/mol. The molecule has 1 rings (SSSR count). The van der Waals surface area contributed by atoms with Gasteiger partial charge in [-0.1, -0.05) is 12.0 Å². The highest BCUT2D eigenvalue weighted by Crippen LogP contribution is 2.18. The Hall–Kier alpha value is -1.10. The van der Waals surface area contributed by atoms with Crippen LogP contribution in [0.15, 0.2) is 4.42 Å². The van der Waals surface area contributed by atoms with Crippen LogP contribution in [0, 0.1) is 0 Å². The van der Waals surface area contributed by atoms with Crippen molar-refractivity contribution in [2.24, 2.45) is 0 Å².